The monoisotopic (exact) mass is 739 g/mol. The second-order valence-corrected chi connectivity index (χ2v) is 16.9. The highest BCUT2D eigenvalue weighted by Crippen LogP contribution is 2.67. The summed E-state index contributed by atoms with van der Waals surface area (Å²) in [7, 11) is -4.50. The van der Waals surface area contributed by atoms with E-state index in [1.165, 1.54) is 23.3 Å². The second-order valence-electron chi connectivity index (χ2n) is 15.2. The lowest BCUT2D eigenvalue weighted by Gasteiger charge is -2.62. The van der Waals surface area contributed by atoms with E-state index >= 15 is 0 Å². The average Bonchev–Trinajstić information content (AvgIpc) is 3.31. The highest BCUT2D eigenvalue weighted by molar-refractivity contribution is 7.52. The first-order valence-electron chi connectivity index (χ1n) is 17.8. The number of esters is 3. The van der Waals surface area contributed by atoms with E-state index in [0.717, 1.165) is 25.2 Å². The first-order valence-corrected chi connectivity index (χ1v) is 19.3. The van der Waals surface area contributed by atoms with Crippen molar-refractivity contribution in [3.8, 4) is 5.75 Å². The lowest BCUT2D eigenvalue weighted by Crippen LogP contribution is -2.55. The molecule has 5 fully saturated rings. The van der Waals surface area contributed by atoms with Crippen LogP contribution in [0.3, 0.4) is 0 Å². The van der Waals surface area contributed by atoms with Gasteiger partial charge >= 0.3 is 25.7 Å². The van der Waals surface area contributed by atoms with Gasteiger partial charge in [-0.15, -0.1) is 0 Å². The van der Waals surface area contributed by atoms with E-state index in [0.29, 0.717) is 11.2 Å². The normalized spacial score (nSPS) is 31.6. The number of carbonyl (C=O) groups excluding carboxylic acids is 3. The molecule has 0 amide bonds. The van der Waals surface area contributed by atoms with Crippen LogP contribution in [0.2, 0.25) is 0 Å². The van der Waals surface area contributed by atoms with Crippen molar-refractivity contribution in [1.29, 1.82) is 0 Å². The summed E-state index contributed by atoms with van der Waals surface area (Å²) < 4.78 is 52.9. The van der Waals surface area contributed by atoms with Crippen molar-refractivity contribution >= 4 is 37.0 Å². The summed E-state index contributed by atoms with van der Waals surface area (Å²) in [5.41, 5.74) is 5.17. The van der Waals surface area contributed by atoms with Crippen LogP contribution in [-0.2, 0) is 53.4 Å². The minimum absolute atomic E-state index is 0.0974. The fourth-order valence-electron chi connectivity index (χ4n) is 7.74. The summed E-state index contributed by atoms with van der Waals surface area (Å²) >= 11 is 0. The highest BCUT2D eigenvalue weighted by atomic mass is 31.2. The summed E-state index contributed by atoms with van der Waals surface area (Å²) in [6, 6.07) is 9.63. The Kier molecular flexibility index (Phi) is 8.96. The summed E-state index contributed by atoms with van der Waals surface area (Å²) in [5, 5.41) is 7.07. The van der Waals surface area contributed by atoms with Crippen molar-refractivity contribution in [3.05, 3.63) is 54.0 Å². The number of aromatic nitrogens is 3. The molecule has 5 aliphatic rings. The largest absolute Gasteiger partial charge is 0.465 e. The molecule has 4 aliphatic carbocycles. The van der Waals surface area contributed by atoms with Gasteiger partial charge in [0.2, 0.25) is 5.60 Å². The van der Waals surface area contributed by atoms with Crippen molar-refractivity contribution in [1.82, 2.24) is 19.7 Å². The molecular weight excluding hydrogens is 693 g/mol. The van der Waals surface area contributed by atoms with Crippen molar-refractivity contribution < 1.29 is 46.9 Å². The predicted octanol–water partition coefficient (Wildman–Crippen LogP) is 4.61. The van der Waals surface area contributed by atoms with Crippen LogP contribution in [0.4, 0.5) is 5.82 Å². The summed E-state index contributed by atoms with van der Waals surface area (Å²) in [4.78, 5) is 43.6. The van der Waals surface area contributed by atoms with Gasteiger partial charge in [-0.25, -0.2) is 14.1 Å². The van der Waals surface area contributed by atoms with Crippen LogP contribution in [-0.4, -0.2) is 69.1 Å². The number of anilines is 1. The van der Waals surface area contributed by atoms with Gasteiger partial charge in [0.1, 0.15) is 41.4 Å². The molecule has 7 atom stereocenters. The number of nitrogen functional groups attached to an aromatic ring is 1. The third-order valence-corrected chi connectivity index (χ3v) is 12.4. The lowest BCUT2D eigenvalue weighted by molar-refractivity contribution is -0.192. The molecule has 3 heterocycles. The van der Waals surface area contributed by atoms with Gasteiger partial charge in [-0.05, 0) is 81.2 Å². The molecule has 2 aromatic heterocycles. The Labute approximate surface area is 301 Å². The lowest BCUT2D eigenvalue weighted by atomic mass is 9.42. The van der Waals surface area contributed by atoms with Crippen LogP contribution in [0.1, 0.15) is 79.0 Å². The number of hydrogen-bond acceptors (Lipinski definition) is 13. The third-order valence-electron chi connectivity index (χ3n) is 10.8. The molecule has 3 N–H and O–H groups in total. The van der Waals surface area contributed by atoms with Crippen LogP contribution >= 0.6 is 7.75 Å². The van der Waals surface area contributed by atoms with E-state index < -0.39 is 73.0 Å². The molecule has 8 rings (SSSR count). The molecule has 0 spiro atoms. The molecule has 3 aromatic rings. The third kappa shape index (κ3) is 5.86. The van der Waals surface area contributed by atoms with Gasteiger partial charge in [-0.3, -0.25) is 18.9 Å². The fourth-order valence-corrected chi connectivity index (χ4v) is 9.45. The maximum Gasteiger partial charge on any atom is 0.459 e. The van der Waals surface area contributed by atoms with Crippen molar-refractivity contribution in [2.45, 2.75) is 109 Å². The Bertz CT molecular complexity index is 1930. The van der Waals surface area contributed by atoms with Crippen LogP contribution in [0.5, 0.6) is 5.75 Å². The van der Waals surface area contributed by atoms with Crippen LogP contribution in [0, 0.1) is 17.8 Å². The van der Waals surface area contributed by atoms with E-state index in [1.54, 1.807) is 65.8 Å². The molecule has 2 unspecified atom stereocenters. The predicted molar refractivity (Wildman–Crippen MR) is 186 cm³/mol. The first-order chi connectivity index (χ1) is 24.6. The molecule has 1 saturated heterocycles. The Morgan fingerprint density at radius 1 is 1.02 bits per heavy atom. The molecule has 1 aliphatic heterocycles. The van der Waals surface area contributed by atoms with Gasteiger partial charge in [0, 0.05) is 0 Å². The van der Waals surface area contributed by atoms with Gasteiger partial charge in [-0.2, -0.15) is 10.2 Å². The Morgan fingerprint density at radius 2 is 1.69 bits per heavy atom. The summed E-state index contributed by atoms with van der Waals surface area (Å²) in [6.07, 6.45) is 1.07. The summed E-state index contributed by atoms with van der Waals surface area (Å²) in [6.45, 7) is 11.6. The highest BCUT2D eigenvalue weighted by Gasteiger charge is 2.87. The molecule has 2 bridgehead atoms. The van der Waals surface area contributed by atoms with Crippen molar-refractivity contribution in [2.24, 2.45) is 17.8 Å². The first kappa shape index (κ1) is 36.3. The zero-order valence-corrected chi connectivity index (χ0v) is 31.3. The van der Waals surface area contributed by atoms with Gasteiger partial charge in [0.05, 0.1) is 24.1 Å². The van der Waals surface area contributed by atoms with Crippen LogP contribution in [0.25, 0.3) is 5.52 Å². The number of carbonyl (C=O) groups is 3. The smallest absolute Gasteiger partial charge is 0.459 e. The molecule has 52 heavy (non-hydrogen) atoms. The number of ether oxygens (including phenoxy) is 4. The number of rotatable bonds is 14. The van der Waals surface area contributed by atoms with E-state index in [9.17, 15) is 18.9 Å². The standard InChI is InChI=1S/C36H46N5O10P/c1-8-46-32(44)21(6)40-52(45,50-24-11-9-23(10-12-24)35-15-22(16-35)17-35)51-28-27-36(28,49-31(43)20(4)5)33(47-30(42)19(2)3)34(7,48-27)26-14-13-25-29(37)38-18-39-41(25)26/h9-14,18-22,27-28,33H,8,15-17H2,1-7H3,(H,40,45)(H2,37,38,39)/t21-,22?,27+,28?,33-,34-,35?,36-,52?/m0/s1. The number of benzene rings is 1. The topological polar surface area (TPSA) is 192 Å². The molecular formula is C36H46N5O10P. The zero-order valence-electron chi connectivity index (χ0n) is 30.4. The number of fused-ring (bicyclic) bond motifs is 2. The van der Waals surface area contributed by atoms with Gasteiger partial charge < -0.3 is 29.2 Å². The number of nitrogens with zero attached hydrogens (tertiary/aromatic N) is 3. The van der Waals surface area contributed by atoms with Gasteiger partial charge in [-0.1, -0.05) is 39.8 Å². The molecule has 16 heteroatoms. The molecule has 4 saturated carbocycles. The molecule has 0 radical (unpaired) electrons. The Morgan fingerprint density at radius 3 is 2.29 bits per heavy atom. The SMILES string of the molecule is CCOC(=O)[C@H](C)NP(=O)(Oc1ccc(C23CC(C2)C3)cc1)OC1[C@H]2O[C@@](C)(c3ccc4c(N)ncnn34)[C@H](OC(=O)C(C)C)[C@@]12OC(=O)C(C)C. The quantitative estimate of drug-likeness (QED) is 0.132. The fraction of sp³-hybridized carbons (Fsp3) is 0.583. The van der Waals surface area contributed by atoms with Crippen molar-refractivity contribution in [2.75, 3.05) is 12.3 Å². The minimum Gasteiger partial charge on any atom is -0.465 e. The maximum absolute atomic E-state index is 14.8. The molecule has 1 aromatic carbocycles. The second kappa shape index (κ2) is 12.8. The van der Waals surface area contributed by atoms with Gasteiger partial charge in [0.15, 0.2) is 11.9 Å². The maximum atomic E-state index is 14.8. The van der Waals surface area contributed by atoms with E-state index in [1.807, 2.05) is 12.1 Å². The van der Waals surface area contributed by atoms with Gasteiger partial charge in [0.25, 0.3) is 0 Å². The molecule has 15 nitrogen and oxygen atoms in total. The summed E-state index contributed by atoms with van der Waals surface area (Å²) in [5.74, 6) is -1.85. The minimum atomic E-state index is -4.50. The number of nitrogens with two attached hydrogens (primary N) is 1. The Balaban J connectivity index is 1.26. The number of nitrogens with one attached hydrogen (secondary N) is 1. The average molecular weight is 740 g/mol. The van der Waals surface area contributed by atoms with Crippen molar-refractivity contribution in [3.63, 3.8) is 0 Å². The van der Waals surface area contributed by atoms with E-state index in [2.05, 4.69) is 15.2 Å². The Hall–Kier alpha value is -4.04. The van der Waals surface area contributed by atoms with E-state index in [-0.39, 0.29) is 23.6 Å². The van der Waals surface area contributed by atoms with E-state index in [4.69, 9.17) is 33.7 Å². The van der Waals surface area contributed by atoms with Crippen LogP contribution in [0.15, 0.2) is 42.7 Å². The van der Waals surface area contributed by atoms with Crippen LogP contribution < -0.4 is 15.3 Å². The zero-order chi connectivity index (χ0) is 37.4. The molecule has 280 valence electrons. The number of hydrogen-bond donors (Lipinski definition) is 2.